The minimum atomic E-state index is 0.0121. The largest absolute Gasteiger partial charge is 0.355 e. The Morgan fingerprint density at radius 2 is 2.27 bits per heavy atom. The standard InChI is InChI=1S/C8H16N2O/c1-4-7(2)9-5-6-10-8(3)11/h4,7,9H,1,5-6H2,2-3H3,(H,10,11). The average Bonchev–Trinajstić information content (AvgIpc) is 1.97. The topological polar surface area (TPSA) is 41.1 Å². The lowest BCUT2D eigenvalue weighted by Crippen LogP contribution is -2.33. The molecule has 1 atom stereocenters. The highest BCUT2D eigenvalue weighted by Gasteiger charge is 1.93. The first-order valence-electron chi connectivity index (χ1n) is 3.77. The van der Waals surface area contributed by atoms with Crippen molar-refractivity contribution in [2.24, 2.45) is 0 Å². The average molecular weight is 156 g/mol. The smallest absolute Gasteiger partial charge is 0.216 e. The normalized spacial score (nSPS) is 12.2. The molecule has 2 N–H and O–H groups in total. The van der Waals surface area contributed by atoms with Gasteiger partial charge in [-0.25, -0.2) is 0 Å². The monoisotopic (exact) mass is 156 g/mol. The maximum absolute atomic E-state index is 10.4. The van der Waals surface area contributed by atoms with Crippen molar-refractivity contribution in [2.45, 2.75) is 19.9 Å². The van der Waals surface area contributed by atoms with Gasteiger partial charge in [-0.2, -0.15) is 0 Å². The molecular weight excluding hydrogens is 140 g/mol. The molecule has 64 valence electrons. The van der Waals surface area contributed by atoms with Gasteiger partial charge in [0.1, 0.15) is 0 Å². The van der Waals surface area contributed by atoms with E-state index < -0.39 is 0 Å². The van der Waals surface area contributed by atoms with Crippen molar-refractivity contribution in [3.8, 4) is 0 Å². The molecule has 0 spiro atoms. The van der Waals surface area contributed by atoms with Crippen LogP contribution in [0.2, 0.25) is 0 Å². The van der Waals surface area contributed by atoms with Crippen LogP contribution in [0.3, 0.4) is 0 Å². The molecule has 0 aromatic rings. The second-order valence-corrected chi connectivity index (χ2v) is 2.46. The van der Waals surface area contributed by atoms with Crippen molar-refractivity contribution in [1.29, 1.82) is 0 Å². The van der Waals surface area contributed by atoms with Crippen molar-refractivity contribution < 1.29 is 4.79 Å². The molecule has 0 radical (unpaired) electrons. The van der Waals surface area contributed by atoms with Gasteiger partial charge in [0.2, 0.25) is 5.91 Å². The van der Waals surface area contributed by atoms with Crippen LogP contribution in [0.15, 0.2) is 12.7 Å². The zero-order valence-corrected chi connectivity index (χ0v) is 7.18. The summed E-state index contributed by atoms with van der Waals surface area (Å²) in [7, 11) is 0. The Balaban J connectivity index is 3.14. The summed E-state index contributed by atoms with van der Waals surface area (Å²) in [6.45, 7) is 8.61. The second kappa shape index (κ2) is 5.92. The predicted molar refractivity (Wildman–Crippen MR) is 46.3 cm³/mol. The second-order valence-electron chi connectivity index (χ2n) is 2.46. The van der Waals surface area contributed by atoms with Crippen molar-refractivity contribution in [1.82, 2.24) is 10.6 Å². The van der Waals surface area contributed by atoms with Crippen LogP contribution in [0.5, 0.6) is 0 Å². The Morgan fingerprint density at radius 1 is 1.64 bits per heavy atom. The van der Waals surface area contributed by atoms with Crippen LogP contribution in [0, 0.1) is 0 Å². The third kappa shape index (κ3) is 7.06. The SMILES string of the molecule is C=CC(C)NCCNC(C)=O. The molecule has 3 heteroatoms. The molecule has 11 heavy (non-hydrogen) atoms. The molecule has 0 aliphatic carbocycles. The summed E-state index contributed by atoms with van der Waals surface area (Å²) < 4.78 is 0. The van der Waals surface area contributed by atoms with Gasteiger partial charge in [0.05, 0.1) is 0 Å². The first-order chi connectivity index (χ1) is 5.16. The summed E-state index contributed by atoms with van der Waals surface area (Å²) in [6.07, 6.45) is 1.83. The highest BCUT2D eigenvalue weighted by atomic mass is 16.1. The van der Waals surface area contributed by atoms with Crippen molar-refractivity contribution in [2.75, 3.05) is 13.1 Å². The van der Waals surface area contributed by atoms with Gasteiger partial charge in [-0.1, -0.05) is 6.08 Å². The molecule has 0 aliphatic rings. The Bertz CT molecular complexity index is 134. The maximum Gasteiger partial charge on any atom is 0.216 e. The zero-order valence-electron chi connectivity index (χ0n) is 7.18. The lowest BCUT2D eigenvalue weighted by Gasteiger charge is -2.08. The van der Waals surface area contributed by atoms with Crippen LogP contribution in [0.1, 0.15) is 13.8 Å². The molecule has 3 nitrogen and oxygen atoms in total. The third-order valence-electron chi connectivity index (χ3n) is 1.32. The van der Waals surface area contributed by atoms with E-state index in [0.29, 0.717) is 12.6 Å². The van der Waals surface area contributed by atoms with Gasteiger partial charge in [0, 0.05) is 26.1 Å². The fraction of sp³-hybridized carbons (Fsp3) is 0.625. The number of hydrogen-bond donors (Lipinski definition) is 2. The van der Waals surface area contributed by atoms with Gasteiger partial charge in [-0.05, 0) is 6.92 Å². The van der Waals surface area contributed by atoms with Gasteiger partial charge in [0.15, 0.2) is 0 Å². The van der Waals surface area contributed by atoms with E-state index in [1.807, 2.05) is 13.0 Å². The minimum absolute atomic E-state index is 0.0121. The Hall–Kier alpha value is -0.830. The number of amides is 1. The fourth-order valence-electron chi connectivity index (χ4n) is 0.622. The van der Waals surface area contributed by atoms with Crippen LogP contribution in [-0.4, -0.2) is 25.0 Å². The molecule has 0 aliphatic heterocycles. The Labute approximate surface area is 67.9 Å². The summed E-state index contributed by atoms with van der Waals surface area (Å²) in [6, 6.07) is 0.309. The van der Waals surface area contributed by atoms with Gasteiger partial charge < -0.3 is 10.6 Å². The summed E-state index contributed by atoms with van der Waals surface area (Å²) in [4.78, 5) is 10.4. The first-order valence-corrected chi connectivity index (χ1v) is 3.77. The van der Waals surface area contributed by atoms with Crippen molar-refractivity contribution in [3.05, 3.63) is 12.7 Å². The van der Waals surface area contributed by atoms with E-state index >= 15 is 0 Å². The van der Waals surface area contributed by atoms with E-state index in [2.05, 4.69) is 17.2 Å². The van der Waals surface area contributed by atoms with Crippen LogP contribution in [0.25, 0.3) is 0 Å². The third-order valence-corrected chi connectivity index (χ3v) is 1.32. The molecule has 0 bridgehead atoms. The molecule has 0 fully saturated rings. The molecule has 0 rings (SSSR count). The lowest BCUT2D eigenvalue weighted by molar-refractivity contribution is -0.118. The van der Waals surface area contributed by atoms with E-state index in [-0.39, 0.29) is 5.91 Å². The molecule has 1 amide bonds. The van der Waals surface area contributed by atoms with Crippen LogP contribution >= 0.6 is 0 Å². The number of carbonyl (C=O) groups excluding carboxylic acids is 1. The van der Waals surface area contributed by atoms with Crippen molar-refractivity contribution in [3.63, 3.8) is 0 Å². The fourth-order valence-corrected chi connectivity index (χ4v) is 0.622. The van der Waals surface area contributed by atoms with Crippen molar-refractivity contribution >= 4 is 5.91 Å². The molecule has 0 aromatic carbocycles. The predicted octanol–water partition coefficient (Wildman–Crippen LogP) is 0.287. The number of rotatable bonds is 5. The zero-order chi connectivity index (χ0) is 8.69. The molecule has 0 aromatic heterocycles. The number of carbonyl (C=O) groups is 1. The Kier molecular flexibility index (Phi) is 5.47. The van der Waals surface area contributed by atoms with Gasteiger partial charge >= 0.3 is 0 Å². The van der Waals surface area contributed by atoms with E-state index in [1.165, 1.54) is 6.92 Å². The van der Waals surface area contributed by atoms with Gasteiger partial charge in [0.25, 0.3) is 0 Å². The lowest BCUT2D eigenvalue weighted by atomic mass is 10.3. The quantitative estimate of drug-likeness (QED) is 0.443. The maximum atomic E-state index is 10.4. The molecule has 0 saturated carbocycles. The summed E-state index contributed by atoms with van der Waals surface area (Å²) in [5.41, 5.74) is 0. The number of nitrogens with one attached hydrogen (secondary N) is 2. The summed E-state index contributed by atoms with van der Waals surface area (Å²) in [5, 5.41) is 5.84. The molecule has 1 unspecified atom stereocenters. The molecule has 0 saturated heterocycles. The van der Waals surface area contributed by atoms with Crippen LogP contribution in [0.4, 0.5) is 0 Å². The summed E-state index contributed by atoms with van der Waals surface area (Å²) >= 11 is 0. The van der Waals surface area contributed by atoms with E-state index in [1.54, 1.807) is 0 Å². The van der Waals surface area contributed by atoms with Gasteiger partial charge in [-0.3, -0.25) is 4.79 Å². The van der Waals surface area contributed by atoms with E-state index in [0.717, 1.165) is 6.54 Å². The van der Waals surface area contributed by atoms with Gasteiger partial charge in [-0.15, -0.1) is 6.58 Å². The van der Waals surface area contributed by atoms with Crippen LogP contribution in [-0.2, 0) is 4.79 Å². The first kappa shape index (κ1) is 10.2. The Morgan fingerprint density at radius 3 is 2.73 bits per heavy atom. The highest BCUT2D eigenvalue weighted by molar-refractivity contribution is 5.72. The molecular formula is C8H16N2O. The minimum Gasteiger partial charge on any atom is -0.355 e. The van der Waals surface area contributed by atoms with E-state index in [4.69, 9.17) is 0 Å². The summed E-state index contributed by atoms with van der Waals surface area (Å²) in [5.74, 6) is 0.0121. The molecule has 0 heterocycles. The van der Waals surface area contributed by atoms with E-state index in [9.17, 15) is 4.79 Å². The number of hydrogen-bond acceptors (Lipinski definition) is 2. The highest BCUT2D eigenvalue weighted by Crippen LogP contribution is 1.78. The van der Waals surface area contributed by atoms with Crippen LogP contribution < -0.4 is 10.6 Å².